The fraction of sp³-hybridized carbons (Fsp3) is 0.579. The van der Waals surface area contributed by atoms with Gasteiger partial charge in [0.1, 0.15) is 17.4 Å². The Morgan fingerprint density at radius 3 is 2.58 bits per heavy atom. The number of methoxy groups -OCH3 is 1. The summed E-state index contributed by atoms with van der Waals surface area (Å²) < 4.78 is 11.0. The molecule has 0 unspecified atom stereocenters. The second kappa shape index (κ2) is 9.94. The quantitative estimate of drug-likeness (QED) is 0.649. The maximum atomic E-state index is 12.5. The van der Waals surface area contributed by atoms with Crippen molar-refractivity contribution in [3.8, 4) is 11.8 Å². The van der Waals surface area contributed by atoms with Gasteiger partial charge in [0.2, 0.25) is 0 Å². The van der Waals surface area contributed by atoms with Crippen molar-refractivity contribution >= 4 is 11.6 Å². The summed E-state index contributed by atoms with van der Waals surface area (Å²) in [5.74, 6) is 0.339. The predicted octanol–water partition coefficient (Wildman–Crippen LogP) is 4.27. The van der Waals surface area contributed by atoms with E-state index in [1.54, 1.807) is 32.2 Å². The third-order valence-corrected chi connectivity index (χ3v) is 4.05. The molecule has 0 saturated carbocycles. The second-order valence-corrected chi connectivity index (χ2v) is 6.02. The summed E-state index contributed by atoms with van der Waals surface area (Å²) in [6.07, 6.45) is 4.52. The van der Waals surface area contributed by atoms with Gasteiger partial charge in [-0.1, -0.05) is 33.1 Å². The number of nitriles is 1. The molecular formula is C19H28N2O3. The molecule has 132 valence electrons. The predicted molar refractivity (Wildman–Crippen MR) is 95.1 cm³/mol. The fourth-order valence-electron chi connectivity index (χ4n) is 2.23. The fourth-order valence-corrected chi connectivity index (χ4v) is 2.23. The van der Waals surface area contributed by atoms with Crippen molar-refractivity contribution in [2.75, 3.05) is 19.0 Å². The van der Waals surface area contributed by atoms with E-state index in [0.717, 1.165) is 25.7 Å². The standard InChI is InChI=1S/C19H28N2O3/c1-5-7-11-19(3,23-4)18(22)21-16-9-10-17(15(13-16)14-20)24-12-8-6-2/h9-10,13H,5-8,11-12H2,1-4H3,(H,21,22)/t19-/m1/s1. The normalized spacial score (nSPS) is 13.0. The Hall–Kier alpha value is -2.06. The van der Waals surface area contributed by atoms with Crippen LogP contribution < -0.4 is 10.1 Å². The molecule has 5 nitrogen and oxygen atoms in total. The van der Waals surface area contributed by atoms with E-state index in [-0.39, 0.29) is 5.91 Å². The lowest BCUT2D eigenvalue weighted by Gasteiger charge is -2.26. The molecule has 0 radical (unpaired) electrons. The maximum Gasteiger partial charge on any atom is 0.256 e. The third-order valence-electron chi connectivity index (χ3n) is 4.05. The van der Waals surface area contributed by atoms with E-state index in [1.165, 1.54) is 0 Å². The van der Waals surface area contributed by atoms with Crippen molar-refractivity contribution in [3.63, 3.8) is 0 Å². The molecule has 1 aromatic rings. The summed E-state index contributed by atoms with van der Waals surface area (Å²) in [5.41, 5.74) is 0.106. The van der Waals surface area contributed by atoms with Crippen molar-refractivity contribution in [1.82, 2.24) is 0 Å². The number of carbonyl (C=O) groups is 1. The summed E-state index contributed by atoms with van der Waals surface area (Å²) >= 11 is 0. The first-order valence-electron chi connectivity index (χ1n) is 8.54. The summed E-state index contributed by atoms with van der Waals surface area (Å²) in [6.45, 7) is 6.52. The zero-order valence-electron chi connectivity index (χ0n) is 15.1. The molecule has 1 atom stereocenters. The van der Waals surface area contributed by atoms with Crippen LogP contribution in [-0.4, -0.2) is 25.2 Å². The van der Waals surface area contributed by atoms with E-state index in [9.17, 15) is 10.1 Å². The van der Waals surface area contributed by atoms with Gasteiger partial charge >= 0.3 is 0 Å². The number of rotatable bonds is 10. The van der Waals surface area contributed by atoms with E-state index < -0.39 is 5.60 Å². The van der Waals surface area contributed by atoms with Crippen LogP contribution in [0.3, 0.4) is 0 Å². The monoisotopic (exact) mass is 332 g/mol. The largest absolute Gasteiger partial charge is 0.492 e. The van der Waals surface area contributed by atoms with E-state index in [2.05, 4.69) is 25.2 Å². The first-order valence-corrected chi connectivity index (χ1v) is 8.54. The summed E-state index contributed by atoms with van der Waals surface area (Å²) in [7, 11) is 1.54. The molecule has 0 spiro atoms. The van der Waals surface area contributed by atoms with Crippen LogP contribution in [0.1, 0.15) is 58.4 Å². The van der Waals surface area contributed by atoms with Crippen LogP contribution in [0.2, 0.25) is 0 Å². The van der Waals surface area contributed by atoms with Crippen LogP contribution >= 0.6 is 0 Å². The lowest BCUT2D eigenvalue weighted by atomic mass is 9.97. The van der Waals surface area contributed by atoms with Gasteiger partial charge in [0.15, 0.2) is 0 Å². The highest BCUT2D eigenvalue weighted by atomic mass is 16.5. The zero-order valence-corrected chi connectivity index (χ0v) is 15.1. The molecule has 5 heteroatoms. The lowest BCUT2D eigenvalue weighted by Crippen LogP contribution is -2.41. The molecule has 0 heterocycles. The SMILES string of the molecule is CCCCOc1ccc(NC(=O)[C@@](C)(CCCC)OC)cc1C#N. The number of nitrogens with one attached hydrogen (secondary N) is 1. The number of benzene rings is 1. The van der Waals surface area contributed by atoms with Crippen molar-refractivity contribution in [1.29, 1.82) is 5.26 Å². The Morgan fingerprint density at radius 2 is 2.00 bits per heavy atom. The average molecular weight is 332 g/mol. The van der Waals surface area contributed by atoms with Gasteiger partial charge in [-0.15, -0.1) is 0 Å². The number of amides is 1. The van der Waals surface area contributed by atoms with Gasteiger partial charge in [0.05, 0.1) is 12.2 Å². The molecule has 1 N–H and O–H groups in total. The lowest BCUT2D eigenvalue weighted by molar-refractivity contribution is -0.136. The molecular weight excluding hydrogens is 304 g/mol. The Morgan fingerprint density at radius 1 is 1.29 bits per heavy atom. The van der Waals surface area contributed by atoms with Crippen LogP contribution in [-0.2, 0) is 9.53 Å². The molecule has 0 saturated heterocycles. The highest BCUT2D eigenvalue weighted by molar-refractivity contribution is 5.97. The van der Waals surface area contributed by atoms with Crippen LogP contribution in [0.15, 0.2) is 18.2 Å². The zero-order chi connectivity index (χ0) is 18.0. The first-order chi connectivity index (χ1) is 11.5. The molecule has 0 aromatic heterocycles. The molecule has 0 fully saturated rings. The van der Waals surface area contributed by atoms with Gasteiger partial charge in [-0.3, -0.25) is 4.79 Å². The highest BCUT2D eigenvalue weighted by Gasteiger charge is 2.32. The number of nitrogens with zero attached hydrogens (tertiary/aromatic N) is 1. The number of ether oxygens (including phenoxy) is 2. The van der Waals surface area contributed by atoms with Gasteiger partial charge in [-0.2, -0.15) is 5.26 Å². The van der Waals surface area contributed by atoms with Gasteiger partial charge in [-0.05, 0) is 38.0 Å². The Balaban J connectivity index is 2.84. The van der Waals surface area contributed by atoms with E-state index in [0.29, 0.717) is 30.0 Å². The van der Waals surface area contributed by atoms with Crippen molar-refractivity contribution in [3.05, 3.63) is 23.8 Å². The van der Waals surface area contributed by atoms with Crippen molar-refractivity contribution in [2.24, 2.45) is 0 Å². The van der Waals surface area contributed by atoms with Crippen molar-refractivity contribution in [2.45, 2.75) is 58.5 Å². The Bertz CT molecular complexity index is 580. The minimum Gasteiger partial charge on any atom is -0.492 e. The number of unbranched alkanes of at least 4 members (excludes halogenated alkanes) is 2. The molecule has 24 heavy (non-hydrogen) atoms. The number of anilines is 1. The minimum atomic E-state index is -0.876. The van der Waals surface area contributed by atoms with Crippen LogP contribution in [0.25, 0.3) is 0 Å². The maximum absolute atomic E-state index is 12.5. The van der Waals surface area contributed by atoms with Crippen LogP contribution in [0.4, 0.5) is 5.69 Å². The topological polar surface area (TPSA) is 71.3 Å². The van der Waals surface area contributed by atoms with E-state index in [1.807, 2.05) is 0 Å². The molecule has 1 amide bonds. The average Bonchev–Trinajstić information content (AvgIpc) is 2.60. The van der Waals surface area contributed by atoms with Crippen LogP contribution in [0, 0.1) is 11.3 Å². The molecule has 0 aliphatic rings. The number of carbonyl (C=O) groups excluding carboxylic acids is 1. The summed E-state index contributed by atoms with van der Waals surface area (Å²) in [4.78, 5) is 12.5. The molecule has 0 aliphatic carbocycles. The molecule has 1 aromatic carbocycles. The smallest absolute Gasteiger partial charge is 0.256 e. The summed E-state index contributed by atoms with van der Waals surface area (Å²) in [6, 6.07) is 7.22. The van der Waals surface area contributed by atoms with Gasteiger partial charge < -0.3 is 14.8 Å². The highest BCUT2D eigenvalue weighted by Crippen LogP contribution is 2.25. The molecule has 1 rings (SSSR count). The van der Waals surface area contributed by atoms with Gasteiger partial charge in [0.25, 0.3) is 5.91 Å². The first kappa shape index (κ1) is 20.0. The molecule has 0 bridgehead atoms. The van der Waals surface area contributed by atoms with Gasteiger partial charge in [-0.25, -0.2) is 0 Å². The van der Waals surface area contributed by atoms with Crippen molar-refractivity contribution < 1.29 is 14.3 Å². The number of hydrogen-bond donors (Lipinski definition) is 1. The molecule has 0 aliphatic heterocycles. The minimum absolute atomic E-state index is 0.206. The summed E-state index contributed by atoms with van der Waals surface area (Å²) in [5, 5.41) is 12.1. The Labute approximate surface area is 145 Å². The van der Waals surface area contributed by atoms with Crippen LogP contribution in [0.5, 0.6) is 5.75 Å². The third kappa shape index (κ3) is 5.54. The van der Waals surface area contributed by atoms with Gasteiger partial charge in [0, 0.05) is 12.8 Å². The number of hydrogen-bond acceptors (Lipinski definition) is 4. The van der Waals surface area contributed by atoms with E-state index >= 15 is 0 Å². The Kier molecular flexibility index (Phi) is 8.28. The van der Waals surface area contributed by atoms with E-state index in [4.69, 9.17) is 9.47 Å². The second-order valence-electron chi connectivity index (χ2n) is 6.02.